The van der Waals surface area contributed by atoms with Crippen LogP contribution in [0.15, 0.2) is 30.5 Å². The van der Waals surface area contributed by atoms with Crippen LogP contribution >= 0.6 is 0 Å². The summed E-state index contributed by atoms with van der Waals surface area (Å²) in [4.78, 5) is 9.86. The van der Waals surface area contributed by atoms with Crippen molar-refractivity contribution in [2.75, 3.05) is 25.4 Å². The topological polar surface area (TPSA) is 107 Å². The van der Waals surface area contributed by atoms with E-state index in [1.165, 1.54) is 0 Å². The van der Waals surface area contributed by atoms with Gasteiger partial charge in [-0.05, 0) is 37.7 Å². The van der Waals surface area contributed by atoms with Crippen molar-refractivity contribution in [3.05, 3.63) is 47.7 Å². The number of H-pyrrole nitrogens is 2. The molecule has 0 saturated heterocycles. The monoisotopic (exact) mass is 404 g/mol. The fraction of sp³-hybridized carbons (Fsp3) is 0.474. The molecule has 2 heterocycles. The Morgan fingerprint density at radius 1 is 1.18 bits per heavy atom. The molecule has 152 valence electrons. The molecule has 0 spiro atoms. The normalized spacial score (nSPS) is 12.2. The number of benzene rings is 1. The summed E-state index contributed by atoms with van der Waals surface area (Å²) in [5.74, 6) is 1.26. The number of fused-ring (bicyclic) bond motifs is 1. The van der Waals surface area contributed by atoms with Crippen LogP contribution in [0.2, 0.25) is 0 Å². The predicted molar refractivity (Wildman–Crippen MR) is 111 cm³/mol. The second-order valence-corrected chi connectivity index (χ2v) is 8.68. The first-order valence-electron chi connectivity index (χ1n) is 9.65. The highest BCUT2D eigenvalue weighted by molar-refractivity contribution is 7.89. The van der Waals surface area contributed by atoms with Gasteiger partial charge in [-0.3, -0.25) is 5.10 Å². The van der Waals surface area contributed by atoms with Crippen LogP contribution in [0.25, 0.3) is 10.9 Å². The van der Waals surface area contributed by atoms with Crippen molar-refractivity contribution in [1.82, 2.24) is 29.8 Å². The van der Waals surface area contributed by atoms with Gasteiger partial charge in [-0.25, -0.2) is 18.1 Å². The van der Waals surface area contributed by atoms with Crippen molar-refractivity contribution < 1.29 is 8.42 Å². The van der Waals surface area contributed by atoms with Crippen LogP contribution in [0.5, 0.6) is 0 Å². The molecule has 28 heavy (non-hydrogen) atoms. The molecule has 9 heteroatoms. The maximum atomic E-state index is 12.2. The van der Waals surface area contributed by atoms with Crippen LogP contribution in [0, 0.1) is 0 Å². The van der Waals surface area contributed by atoms with Crippen LogP contribution < -0.4 is 4.72 Å². The average molecular weight is 405 g/mol. The lowest BCUT2D eigenvalue weighted by Crippen LogP contribution is -2.30. The molecule has 3 N–H and O–H groups in total. The van der Waals surface area contributed by atoms with Crippen molar-refractivity contribution in [1.29, 1.82) is 0 Å². The fourth-order valence-electron chi connectivity index (χ4n) is 3.22. The quantitative estimate of drug-likeness (QED) is 0.453. The minimum absolute atomic E-state index is 0.0952. The molecule has 0 aliphatic heterocycles. The standard InChI is InChI=1S/C19H28N6O2S/c1-3-25(4-2)10-7-11-28(26,27)21-14-19-22-18(23-24-19)12-15-13-20-17-9-6-5-8-16(15)17/h5-6,8-9,13,20-21H,3-4,7,10-12,14H2,1-2H3,(H,22,23,24). The molecule has 0 aliphatic carbocycles. The van der Waals surface area contributed by atoms with Gasteiger partial charge in [-0.15, -0.1) is 0 Å². The van der Waals surface area contributed by atoms with Gasteiger partial charge < -0.3 is 9.88 Å². The van der Waals surface area contributed by atoms with E-state index in [-0.39, 0.29) is 12.3 Å². The van der Waals surface area contributed by atoms with Crippen LogP contribution in [-0.2, 0) is 23.0 Å². The third-order valence-corrected chi connectivity index (χ3v) is 6.25. The fourth-order valence-corrected chi connectivity index (χ4v) is 4.22. The smallest absolute Gasteiger partial charge is 0.212 e. The zero-order valence-electron chi connectivity index (χ0n) is 16.4. The Balaban J connectivity index is 1.51. The Morgan fingerprint density at radius 2 is 1.96 bits per heavy atom. The minimum Gasteiger partial charge on any atom is -0.361 e. The first-order valence-corrected chi connectivity index (χ1v) is 11.3. The number of para-hydroxylation sites is 1. The Kier molecular flexibility index (Phi) is 6.82. The van der Waals surface area contributed by atoms with Crippen LogP contribution in [-0.4, -0.2) is 58.9 Å². The van der Waals surface area contributed by atoms with E-state index in [2.05, 4.69) is 49.7 Å². The highest BCUT2D eigenvalue weighted by Gasteiger charge is 2.13. The SMILES string of the molecule is CCN(CC)CCCS(=O)(=O)NCc1n[nH]c(Cc2c[nH]c3ccccc23)n1. The molecule has 0 aliphatic rings. The van der Waals surface area contributed by atoms with Crippen molar-refractivity contribution in [3.8, 4) is 0 Å². The van der Waals surface area contributed by atoms with Gasteiger partial charge in [0.05, 0.1) is 12.3 Å². The van der Waals surface area contributed by atoms with E-state index in [0.717, 1.165) is 36.1 Å². The van der Waals surface area contributed by atoms with E-state index >= 15 is 0 Å². The second kappa shape index (κ2) is 9.31. The van der Waals surface area contributed by atoms with E-state index in [0.29, 0.717) is 24.5 Å². The van der Waals surface area contributed by atoms with Crippen LogP contribution in [0.3, 0.4) is 0 Å². The number of nitrogens with one attached hydrogen (secondary N) is 3. The summed E-state index contributed by atoms with van der Waals surface area (Å²) >= 11 is 0. The average Bonchev–Trinajstić information content (AvgIpc) is 3.31. The van der Waals surface area contributed by atoms with Gasteiger partial charge in [0.1, 0.15) is 5.82 Å². The van der Waals surface area contributed by atoms with Gasteiger partial charge in [-0.2, -0.15) is 5.10 Å². The lowest BCUT2D eigenvalue weighted by molar-refractivity contribution is 0.305. The summed E-state index contributed by atoms with van der Waals surface area (Å²) in [6, 6.07) is 8.08. The van der Waals surface area contributed by atoms with Gasteiger partial charge in [-0.1, -0.05) is 32.0 Å². The van der Waals surface area contributed by atoms with Gasteiger partial charge in [0.15, 0.2) is 5.82 Å². The molecule has 0 fully saturated rings. The van der Waals surface area contributed by atoms with E-state index < -0.39 is 10.0 Å². The maximum absolute atomic E-state index is 12.2. The number of aromatic nitrogens is 4. The van der Waals surface area contributed by atoms with E-state index in [1.807, 2.05) is 24.4 Å². The van der Waals surface area contributed by atoms with Crippen molar-refractivity contribution in [2.24, 2.45) is 0 Å². The zero-order valence-corrected chi connectivity index (χ0v) is 17.2. The molecule has 0 radical (unpaired) electrons. The molecule has 0 amide bonds. The van der Waals surface area contributed by atoms with Gasteiger partial charge in [0.25, 0.3) is 0 Å². The maximum Gasteiger partial charge on any atom is 0.212 e. The number of rotatable bonds is 11. The van der Waals surface area contributed by atoms with E-state index in [4.69, 9.17) is 0 Å². The molecule has 1 aromatic carbocycles. The number of hydrogen-bond acceptors (Lipinski definition) is 5. The lowest BCUT2D eigenvalue weighted by atomic mass is 10.1. The van der Waals surface area contributed by atoms with Gasteiger partial charge in [0.2, 0.25) is 10.0 Å². The molecule has 0 atom stereocenters. The number of aromatic amines is 2. The Labute approximate surface area is 165 Å². The first kappa shape index (κ1) is 20.5. The zero-order chi connectivity index (χ0) is 20.0. The molecule has 0 unspecified atom stereocenters. The third kappa shape index (κ3) is 5.40. The summed E-state index contributed by atoms with van der Waals surface area (Å²) < 4.78 is 26.9. The first-order chi connectivity index (χ1) is 13.5. The summed E-state index contributed by atoms with van der Waals surface area (Å²) in [5.41, 5.74) is 2.20. The number of hydrogen-bond donors (Lipinski definition) is 3. The van der Waals surface area contributed by atoms with Crippen LogP contribution in [0.4, 0.5) is 0 Å². The summed E-state index contributed by atoms with van der Waals surface area (Å²) in [7, 11) is -3.34. The van der Waals surface area contributed by atoms with Crippen molar-refractivity contribution in [2.45, 2.75) is 33.2 Å². The number of nitrogens with zero attached hydrogens (tertiary/aromatic N) is 3. The Bertz CT molecular complexity index is 991. The van der Waals surface area contributed by atoms with E-state index in [1.54, 1.807) is 0 Å². The van der Waals surface area contributed by atoms with E-state index in [9.17, 15) is 8.42 Å². The van der Waals surface area contributed by atoms with Crippen LogP contribution in [0.1, 0.15) is 37.5 Å². The highest BCUT2D eigenvalue weighted by atomic mass is 32.2. The highest BCUT2D eigenvalue weighted by Crippen LogP contribution is 2.19. The summed E-state index contributed by atoms with van der Waals surface area (Å²) in [6.07, 6.45) is 3.18. The molecule has 2 aromatic heterocycles. The van der Waals surface area contributed by atoms with Crippen molar-refractivity contribution >= 4 is 20.9 Å². The lowest BCUT2D eigenvalue weighted by Gasteiger charge is -2.17. The second-order valence-electron chi connectivity index (χ2n) is 6.76. The Morgan fingerprint density at radius 3 is 2.75 bits per heavy atom. The molecule has 3 aromatic rings. The number of sulfonamides is 1. The van der Waals surface area contributed by atoms with Crippen molar-refractivity contribution in [3.63, 3.8) is 0 Å². The molecule has 0 bridgehead atoms. The third-order valence-electron chi connectivity index (χ3n) is 4.84. The Hall–Kier alpha value is -2.23. The van der Waals surface area contributed by atoms with Gasteiger partial charge >= 0.3 is 0 Å². The summed E-state index contributed by atoms with van der Waals surface area (Å²) in [5, 5.41) is 8.18. The largest absolute Gasteiger partial charge is 0.361 e. The van der Waals surface area contributed by atoms with Gasteiger partial charge in [0, 0.05) is 23.5 Å². The molecular formula is C19H28N6O2S. The summed E-state index contributed by atoms with van der Waals surface area (Å²) in [6.45, 7) is 6.89. The molecule has 8 nitrogen and oxygen atoms in total. The molecule has 3 rings (SSSR count). The predicted octanol–water partition coefficient (Wildman–Crippen LogP) is 2.03. The minimum atomic E-state index is -3.34. The molecule has 0 saturated carbocycles. The molecular weight excluding hydrogens is 376 g/mol.